The van der Waals surface area contributed by atoms with E-state index in [9.17, 15) is 4.79 Å². The molecule has 2 atom stereocenters. The van der Waals surface area contributed by atoms with E-state index in [2.05, 4.69) is 61.0 Å². The molecule has 1 aromatic carbocycles. The van der Waals surface area contributed by atoms with Crippen molar-refractivity contribution >= 4 is 21.6 Å². The van der Waals surface area contributed by atoms with Crippen LogP contribution in [0.3, 0.4) is 0 Å². The van der Waals surface area contributed by atoms with Gasteiger partial charge in [0.25, 0.3) is 5.56 Å². The predicted molar refractivity (Wildman–Crippen MR) is 117 cm³/mol. The Morgan fingerprint density at radius 3 is 2.86 bits per heavy atom. The highest BCUT2D eigenvalue weighted by Crippen LogP contribution is 2.35. The Bertz CT molecular complexity index is 1010. The Kier molecular flexibility index (Phi) is 5.65. The number of aryl methyl sites for hydroxylation is 1. The molecule has 3 aromatic rings. The van der Waals surface area contributed by atoms with E-state index in [1.807, 2.05) is 0 Å². The van der Waals surface area contributed by atoms with Gasteiger partial charge in [-0.15, -0.1) is 11.3 Å². The molecule has 148 valence electrons. The molecule has 28 heavy (non-hydrogen) atoms. The van der Waals surface area contributed by atoms with E-state index in [1.54, 1.807) is 11.3 Å². The van der Waals surface area contributed by atoms with E-state index in [0.717, 1.165) is 42.0 Å². The van der Waals surface area contributed by atoms with Crippen molar-refractivity contribution in [2.75, 3.05) is 13.1 Å². The average Bonchev–Trinajstić information content (AvgIpc) is 3.05. The Hall–Kier alpha value is -1.98. The summed E-state index contributed by atoms with van der Waals surface area (Å²) in [5.74, 6) is 1.92. The Labute approximate surface area is 170 Å². The number of nitrogens with zero attached hydrogens (tertiary/aromatic N) is 2. The van der Waals surface area contributed by atoms with E-state index in [4.69, 9.17) is 4.98 Å². The molecule has 0 aliphatic heterocycles. The minimum Gasteiger partial charge on any atom is -0.309 e. The topological polar surface area (TPSA) is 49.0 Å². The Morgan fingerprint density at radius 1 is 1.32 bits per heavy atom. The van der Waals surface area contributed by atoms with Crippen LogP contribution in [0, 0.1) is 5.92 Å². The molecule has 1 aliphatic carbocycles. The molecule has 2 heterocycles. The zero-order valence-electron chi connectivity index (χ0n) is 17.0. The number of aromatic nitrogens is 2. The van der Waals surface area contributed by atoms with Crippen LogP contribution >= 0.6 is 11.3 Å². The smallest absolute Gasteiger partial charge is 0.259 e. The van der Waals surface area contributed by atoms with Crippen molar-refractivity contribution in [1.82, 2.24) is 14.9 Å². The van der Waals surface area contributed by atoms with Gasteiger partial charge in [0, 0.05) is 11.4 Å². The Balaban J connectivity index is 1.56. The maximum atomic E-state index is 12.8. The van der Waals surface area contributed by atoms with Gasteiger partial charge in [-0.1, -0.05) is 51.1 Å². The molecule has 1 aliphatic rings. The summed E-state index contributed by atoms with van der Waals surface area (Å²) in [7, 11) is 0. The fraction of sp³-hybridized carbons (Fsp3) is 0.478. The summed E-state index contributed by atoms with van der Waals surface area (Å²) in [5, 5.41) is 0.844. The molecule has 5 heteroatoms. The van der Waals surface area contributed by atoms with Gasteiger partial charge >= 0.3 is 0 Å². The lowest BCUT2D eigenvalue weighted by Crippen LogP contribution is -2.29. The number of H-pyrrole nitrogens is 1. The van der Waals surface area contributed by atoms with Crippen molar-refractivity contribution in [2.24, 2.45) is 5.92 Å². The van der Waals surface area contributed by atoms with Crippen LogP contribution in [0.1, 0.15) is 54.9 Å². The highest BCUT2D eigenvalue weighted by Gasteiger charge is 2.23. The van der Waals surface area contributed by atoms with Crippen molar-refractivity contribution in [3.05, 3.63) is 62.5 Å². The number of aromatic amines is 1. The molecule has 2 unspecified atom stereocenters. The molecule has 0 bridgehead atoms. The lowest BCUT2D eigenvalue weighted by Gasteiger charge is -2.24. The van der Waals surface area contributed by atoms with E-state index >= 15 is 0 Å². The first kappa shape index (κ1) is 19.3. The minimum absolute atomic E-state index is 0.0409. The van der Waals surface area contributed by atoms with Crippen LogP contribution in [-0.2, 0) is 19.4 Å². The second-order valence-corrected chi connectivity index (χ2v) is 9.27. The van der Waals surface area contributed by atoms with Crippen LogP contribution in [0.25, 0.3) is 10.2 Å². The van der Waals surface area contributed by atoms with Crippen LogP contribution in [-0.4, -0.2) is 28.0 Å². The van der Waals surface area contributed by atoms with Crippen molar-refractivity contribution in [3.63, 3.8) is 0 Å². The van der Waals surface area contributed by atoms with Crippen molar-refractivity contribution in [1.29, 1.82) is 0 Å². The molecular weight excluding hydrogens is 366 g/mol. The molecule has 0 spiro atoms. The molecule has 0 radical (unpaired) electrons. The van der Waals surface area contributed by atoms with Gasteiger partial charge in [0.05, 0.1) is 11.9 Å². The number of fused-ring (bicyclic) bond motifs is 3. The summed E-state index contributed by atoms with van der Waals surface area (Å²) < 4.78 is 0. The van der Waals surface area contributed by atoms with Crippen molar-refractivity contribution < 1.29 is 0 Å². The summed E-state index contributed by atoms with van der Waals surface area (Å²) in [6.45, 7) is 9.27. The molecule has 1 N–H and O–H groups in total. The zero-order chi connectivity index (χ0) is 19.7. The zero-order valence-corrected chi connectivity index (χ0v) is 17.8. The lowest BCUT2D eigenvalue weighted by molar-refractivity contribution is 0.259. The third kappa shape index (κ3) is 3.91. The predicted octanol–water partition coefficient (Wildman–Crippen LogP) is 4.74. The summed E-state index contributed by atoms with van der Waals surface area (Å²) in [5.41, 5.74) is 2.64. The monoisotopic (exact) mass is 395 g/mol. The number of rotatable bonds is 6. The molecule has 2 aromatic heterocycles. The third-order valence-corrected chi connectivity index (χ3v) is 7.08. The van der Waals surface area contributed by atoms with Gasteiger partial charge in [-0.05, 0) is 48.8 Å². The van der Waals surface area contributed by atoms with Gasteiger partial charge in [-0.2, -0.15) is 0 Å². The van der Waals surface area contributed by atoms with E-state index in [1.165, 1.54) is 22.4 Å². The average molecular weight is 396 g/mol. The minimum atomic E-state index is 0.0409. The second kappa shape index (κ2) is 8.18. The number of hydrogen-bond donors (Lipinski definition) is 1. The molecule has 0 saturated carbocycles. The van der Waals surface area contributed by atoms with Crippen molar-refractivity contribution in [3.8, 4) is 0 Å². The molecule has 0 saturated heterocycles. The molecule has 0 amide bonds. The van der Waals surface area contributed by atoms with Crippen LogP contribution in [0.5, 0.6) is 0 Å². The lowest BCUT2D eigenvalue weighted by atomic mass is 9.89. The summed E-state index contributed by atoms with van der Waals surface area (Å²) >= 11 is 1.73. The summed E-state index contributed by atoms with van der Waals surface area (Å²) in [6, 6.07) is 10.6. The maximum Gasteiger partial charge on any atom is 0.259 e. The number of nitrogens with one attached hydrogen (secondary N) is 1. The summed E-state index contributed by atoms with van der Waals surface area (Å²) in [4.78, 5) is 25.4. The number of hydrogen-bond acceptors (Lipinski definition) is 4. The third-order valence-electron chi connectivity index (χ3n) is 5.94. The first-order valence-electron chi connectivity index (χ1n) is 10.4. The SMILES string of the molecule is CCN(Cc1nc2sc3c(c2c(=O)[nH]1)CCC(C)C3)CC(C)c1ccccc1. The Morgan fingerprint density at radius 2 is 2.11 bits per heavy atom. The van der Waals surface area contributed by atoms with E-state index < -0.39 is 0 Å². The van der Waals surface area contributed by atoms with Crippen LogP contribution in [0.2, 0.25) is 0 Å². The van der Waals surface area contributed by atoms with Crippen LogP contribution < -0.4 is 5.56 Å². The number of likely N-dealkylation sites (N-methyl/N-ethyl adjacent to an activating group) is 1. The van der Waals surface area contributed by atoms with Gasteiger partial charge in [0.15, 0.2) is 0 Å². The van der Waals surface area contributed by atoms with Crippen LogP contribution in [0.15, 0.2) is 35.1 Å². The number of benzene rings is 1. The largest absolute Gasteiger partial charge is 0.309 e. The molecule has 4 nitrogen and oxygen atoms in total. The van der Waals surface area contributed by atoms with Gasteiger partial charge < -0.3 is 4.98 Å². The molecular formula is C23H29N3OS. The fourth-order valence-electron chi connectivity index (χ4n) is 4.26. The van der Waals surface area contributed by atoms with Crippen LogP contribution in [0.4, 0.5) is 0 Å². The van der Waals surface area contributed by atoms with Gasteiger partial charge in [-0.25, -0.2) is 4.98 Å². The molecule has 0 fully saturated rings. The quantitative estimate of drug-likeness (QED) is 0.656. The van der Waals surface area contributed by atoms with Gasteiger partial charge in [0.2, 0.25) is 0 Å². The highest BCUT2D eigenvalue weighted by atomic mass is 32.1. The molecule has 4 rings (SSSR count). The van der Waals surface area contributed by atoms with Crippen molar-refractivity contribution in [2.45, 2.75) is 52.5 Å². The summed E-state index contributed by atoms with van der Waals surface area (Å²) in [6.07, 6.45) is 3.26. The van der Waals surface area contributed by atoms with E-state index in [0.29, 0.717) is 18.4 Å². The standard InChI is InChI=1S/C23H29N3OS/c1-4-26(13-16(3)17-8-6-5-7-9-17)14-20-24-22(27)21-18-11-10-15(2)12-19(18)28-23(21)25-20/h5-9,15-16H,4,10-14H2,1-3H3,(H,24,25,27). The van der Waals surface area contributed by atoms with Gasteiger partial charge in [0.1, 0.15) is 10.7 Å². The van der Waals surface area contributed by atoms with E-state index in [-0.39, 0.29) is 5.56 Å². The number of thiophene rings is 1. The normalized spacial score (nSPS) is 17.8. The maximum absolute atomic E-state index is 12.8. The van der Waals surface area contributed by atoms with Gasteiger partial charge in [-0.3, -0.25) is 9.69 Å². The second-order valence-electron chi connectivity index (χ2n) is 8.18. The first-order chi connectivity index (χ1) is 13.5. The first-order valence-corrected chi connectivity index (χ1v) is 11.2. The fourth-order valence-corrected chi connectivity index (χ4v) is 5.66. The highest BCUT2D eigenvalue weighted by molar-refractivity contribution is 7.18.